The molecule has 2 aliphatic rings. The molecule has 3 aromatic heterocycles. The Bertz CT molecular complexity index is 1060. The Balaban J connectivity index is 1.52. The zero-order valence-corrected chi connectivity index (χ0v) is 16.0. The number of ether oxygens (including phenoxy) is 1. The van der Waals surface area contributed by atoms with Crippen LogP contribution < -0.4 is 15.4 Å². The van der Waals surface area contributed by atoms with Crippen molar-refractivity contribution in [2.24, 2.45) is 0 Å². The van der Waals surface area contributed by atoms with E-state index in [1.165, 1.54) is 6.07 Å². The highest BCUT2D eigenvalue weighted by molar-refractivity contribution is 5.72. The first kappa shape index (κ1) is 17.8. The number of aromatic nitrogens is 5. The minimum absolute atomic E-state index is 0.155. The van der Waals surface area contributed by atoms with Crippen LogP contribution in [0.25, 0.3) is 11.4 Å². The van der Waals surface area contributed by atoms with E-state index in [0.717, 1.165) is 30.2 Å². The summed E-state index contributed by atoms with van der Waals surface area (Å²) in [5.74, 6) is 2.63. The molecule has 3 aromatic rings. The van der Waals surface area contributed by atoms with E-state index in [1.54, 1.807) is 12.3 Å². The first-order chi connectivity index (χ1) is 14.2. The minimum atomic E-state index is -0.155. The molecule has 2 aliphatic heterocycles. The third-order valence-electron chi connectivity index (χ3n) is 5.20. The lowest BCUT2D eigenvalue weighted by Gasteiger charge is -2.45. The van der Waals surface area contributed by atoms with Crippen LogP contribution in [0.5, 0.6) is 0 Å². The zero-order chi connectivity index (χ0) is 19.8. The molecule has 0 aromatic carbocycles. The Kier molecular flexibility index (Phi) is 4.47. The summed E-state index contributed by atoms with van der Waals surface area (Å²) in [6.07, 6.45) is 4.16. The normalized spacial score (nSPS) is 18.4. The summed E-state index contributed by atoms with van der Waals surface area (Å²) >= 11 is 0. The predicted molar refractivity (Wildman–Crippen MR) is 105 cm³/mol. The fraction of sp³-hybridized carbons (Fsp3) is 0.421. The Morgan fingerprint density at radius 2 is 2.17 bits per heavy atom. The van der Waals surface area contributed by atoms with Crippen molar-refractivity contribution < 1.29 is 9.15 Å². The Hall–Kier alpha value is -3.27. The summed E-state index contributed by atoms with van der Waals surface area (Å²) in [6.45, 7) is 5.31. The van der Waals surface area contributed by atoms with Gasteiger partial charge in [-0.05, 0) is 6.07 Å². The Morgan fingerprint density at radius 3 is 2.97 bits per heavy atom. The van der Waals surface area contributed by atoms with Gasteiger partial charge in [-0.3, -0.25) is 4.79 Å². The van der Waals surface area contributed by atoms with Crippen molar-refractivity contribution in [3.05, 3.63) is 46.7 Å². The molecular formula is C19H21N7O3. The lowest BCUT2D eigenvalue weighted by atomic mass is 10.1. The highest BCUT2D eigenvalue weighted by Gasteiger charge is 2.35. The van der Waals surface area contributed by atoms with Gasteiger partial charge in [-0.25, -0.2) is 9.97 Å². The number of rotatable bonds is 4. The summed E-state index contributed by atoms with van der Waals surface area (Å²) < 4.78 is 11.4. The Labute approximate surface area is 166 Å². The standard InChI is InChI=1S/C19H21N7O3/c1-2-16-23-24-17(29-16)10-25-9-13-11-28-6-5-26(13)19-14(25)8-21-18(22-19)12-3-4-15(27)20-7-12/h3-4,7-8,13H,2,5-6,9-11H2,1H3,(H,20,27). The number of aryl methyl sites for hydroxylation is 1. The van der Waals surface area contributed by atoms with E-state index >= 15 is 0 Å². The summed E-state index contributed by atoms with van der Waals surface area (Å²) in [5.41, 5.74) is 1.53. The van der Waals surface area contributed by atoms with Gasteiger partial charge in [0.1, 0.15) is 0 Å². The van der Waals surface area contributed by atoms with Gasteiger partial charge in [0.05, 0.1) is 37.7 Å². The van der Waals surface area contributed by atoms with Crippen molar-refractivity contribution in [3.8, 4) is 11.4 Å². The first-order valence-corrected chi connectivity index (χ1v) is 9.68. The number of hydrogen-bond donors (Lipinski definition) is 1. The maximum Gasteiger partial charge on any atom is 0.247 e. The molecule has 1 fully saturated rings. The third kappa shape index (κ3) is 3.35. The topological polar surface area (TPSA) is 113 Å². The molecule has 1 saturated heterocycles. The molecular weight excluding hydrogens is 374 g/mol. The van der Waals surface area contributed by atoms with Gasteiger partial charge in [-0.1, -0.05) is 6.92 Å². The van der Waals surface area contributed by atoms with Crippen LogP contribution in [0.1, 0.15) is 18.7 Å². The van der Waals surface area contributed by atoms with Crippen molar-refractivity contribution in [1.82, 2.24) is 25.1 Å². The van der Waals surface area contributed by atoms with Gasteiger partial charge in [0, 0.05) is 37.3 Å². The second-order valence-electron chi connectivity index (χ2n) is 7.09. The second kappa shape index (κ2) is 7.28. The predicted octanol–water partition coefficient (Wildman–Crippen LogP) is 1.00. The van der Waals surface area contributed by atoms with Gasteiger partial charge >= 0.3 is 0 Å². The lowest BCUT2D eigenvalue weighted by molar-refractivity contribution is 0.0934. The fourth-order valence-electron chi connectivity index (χ4n) is 3.74. The van der Waals surface area contributed by atoms with E-state index < -0.39 is 0 Å². The first-order valence-electron chi connectivity index (χ1n) is 9.68. The molecule has 29 heavy (non-hydrogen) atoms. The molecule has 0 spiro atoms. The number of H-pyrrole nitrogens is 1. The largest absolute Gasteiger partial charge is 0.423 e. The highest BCUT2D eigenvalue weighted by Crippen LogP contribution is 2.36. The monoisotopic (exact) mass is 395 g/mol. The second-order valence-corrected chi connectivity index (χ2v) is 7.09. The average molecular weight is 395 g/mol. The summed E-state index contributed by atoms with van der Waals surface area (Å²) in [4.78, 5) is 27.9. The van der Waals surface area contributed by atoms with Crippen LogP contribution in [-0.4, -0.2) is 57.5 Å². The fourth-order valence-corrected chi connectivity index (χ4v) is 3.74. The van der Waals surface area contributed by atoms with Crippen molar-refractivity contribution in [2.45, 2.75) is 25.9 Å². The molecule has 0 bridgehead atoms. The van der Waals surface area contributed by atoms with Crippen molar-refractivity contribution in [3.63, 3.8) is 0 Å². The molecule has 1 N–H and O–H groups in total. The lowest BCUT2D eigenvalue weighted by Crippen LogP contribution is -2.55. The number of nitrogens with one attached hydrogen (secondary N) is 1. The van der Waals surface area contributed by atoms with Crippen molar-refractivity contribution in [1.29, 1.82) is 0 Å². The molecule has 0 saturated carbocycles. The van der Waals surface area contributed by atoms with Gasteiger partial charge in [-0.2, -0.15) is 0 Å². The van der Waals surface area contributed by atoms with Crippen molar-refractivity contribution >= 4 is 11.5 Å². The third-order valence-corrected chi connectivity index (χ3v) is 5.20. The minimum Gasteiger partial charge on any atom is -0.423 e. The van der Waals surface area contributed by atoms with E-state index in [1.807, 2.05) is 13.1 Å². The number of hydrogen-bond acceptors (Lipinski definition) is 9. The smallest absolute Gasteiger partial charge is 0.247 e. The summed E-state index contributed by atoms with van der Waals surface area (Å²) in [7, 11) is 0. The summed E-state index contributed by atoms with van der Waals surface area (Å²) in [6, 6.07) is 3.38. The number of pyridine rings is 1. The molecule has 5 heterocycles. The van der Waals surface area contributed by atoms with Crippen LogP contribution in [0.2, 0.25) is 0 Å². The number of fused-ring (bicyclic) bond motifs is 3. The van der Waals surface area contributed by atoms with E-state index in [2.05, 4.69) is 30.0 Å². The molecule has 0 aliphatic carbocycles. The molecule has 0 amide bonds. The maximum atomic E-state index is 11.4. The number of nitrogens with zero attached hydrogens (tertiary/aromatic N) is 6. The van der Waals surface area contributed by atoms with Gasteiger partial charge in [0.25, 0.3) is 0 Å². The molecule has 10 heteroatoms. The molecule has 5 rings (SSSR count). The van der Waals surface area contributed by atoms with Crippen LogP contribution >= 0.6 is 0 Å². The maximum absolute atomic E-state index is 11.4. The average Bonchev–Trinajstić information content (AvgIpc) is 3.22. The number of anilines is 2. The molecule has 1 atom stereocenters. The summed E-state index contributed by atoms with van der Waals surface area (Å²) in [5, 5.41) is 8.21. The molecule has 1 unspecified atom stereocenters. The van der Waals surface area contributed by atoms with Crippen molar-refractivity contribution in [2.75, 3.05) is 36.1 Å². The SMILES string of the molecule is CCc1nnc(CN2CC3COCCN3c3nc(-c4ccc(=O)[nH]c4)ncc32)o1. The number of aromatic amines is 1. The van der Waals surface area contributed by atoms with Gasteiger partial charge in [0.15, 0.2) is 11.6 Å². The van der Waals surface area contributed by atoms with E-state index in [4.69, 9.17) is 14.1 Å². The van der Waals surface area contributed by atoms with E-state index in [0.29, 0.717) is 43.8 Å². The highest BCUT2D eigenvalue weighted by atomic mass is 16.5. The number of morpholine rings is 1. The molecule has 0 radical (unpaired) electrons. The van der Waals surface area contributed by atoms with Crippen LogP contribution in [0, 0.1) is 0 Å². The van der Waals surface area contributed by atoms with Gasteiger partial charge in [0.2, 0.25) is 17.3 Å². The zero-order valence-electron chi connectivity index (χ0n) is 16.0. The molecule has 10 nitrogen and oxygen atoms in total. The van der Waals surface area contributed by atoms with Crippen LogP contribution in [0.15, 0.2) is 33.7 Å². The van der Waals surface area contributed by atoms with E-state index in [-0.39, 0.29) is 11.6 Å². The van der Waals surface area contributed by atoms with Gasteiger partial charge < -0.3 is 23.9 Å². The van der Waals surface area contributed by atoms with E-state index in [9.17, 15) is 4.79 Å². The molecule has 150 valence electrons. The van der Waals surface area contributed by atoms with Crippen LogP contribution in [-0.2, 0) is 17.7 Å². The van der Waals surface area contributed by atoms with Crippen LogP contribution in [0.3, 0.4) is 0 Å². The quantitative estimate of drug-likeness (QED) is 0.691. The van der Waals surface area contributed by atoms with Gasteiger partial charge in [-0.15, -0.1) is 10.2 Å². The van der Waals surface area contributed by atoms with Crippen LogP contribution in [0.4, 0.5) is 11.5 Å². The Morgan fingerprint density at radius 1 is 1.28 bits per heavy atom.